The summed E-state index contributed by atoms with van der Waals surface area (Å²) in [6, 6.07) is 5.59. The van der Waals surface area contributed by atoms with Crippen LogP contribution in [0.4, 0.5) is 4.39 Å². The van der Waals surface area contributed by atoms with Gasteiger partial charge in [0, 0.05) is 6.42 Å². The second-order valence-corrected chi connectivity index (χ2v) is 4.72. The minimum atomic E-state index is -0.912. The molecule has 2 heterocycles. The van der Waals surface area contributed by atoms with Crippen molar-refractivity contribution in [3.8, 4) is 5.69 Å². The number of nitrogens with zero attached hydrogens (tertiary/aromatic N) is 3. The van der Waals surface area contributed by atoms with Gasteiger partial charge >= 0.3 is 11.9 Å². The lowest BCUT2D eigenvalue weighted by molar-refractivity contribution is -0.145. The van der Waals surface area contributed by atoms with Gasteiger partial charge in [0.05, 0.1) is 12.3 Å². The van der Waals surface area contributed by atoms with Crippen molar-refractivity contribution in [2.24, 2.45) is 0 Å². The highest BCUT2D eigenvalue weighted by Gasteiger charge is 2.31. The van der Waals surface area contributed by atoms with Gasteiger partial charge in [-0.15, -0.1) is 5.10 Å². The fourth-order valence-electron chi connectivity index (χ4n) is 2.07. The Labute approximate surface area is 124 Å². The Bertz CT molecular complexity index is 726. The van der Waals surface area contributed by atoms with Gasteiger partial charge in [-0.3, -0.25) is 0 Å². The molecule has 0 saturated carbocycles. The fourth-order valence-corrected chi connectivity index (χ4v) is 2.07. The summed E-state index contributed by atoms with van der Waals surface area (Å²) in [7, 11) is 0. The van der Waals surface area contributed by atoms with Crippen molar-refractivity contribution in [1.29, 1.82) is 0 Å². The summed E-state index contributed by atoms with van der Waals surface area (Å²) in [6.45, 7) is 1.88. The van der Waals surface area contributed by atoms with E-state index in [1.807, 2.05) is 0 Å². The van der Waals surface area contributed by atoms with E-state index in [1.54, 1.807) is 6.92 Å². The number of hydrogen-bond acceptors (Lipinski definition) is 6. The first kappa shape index (κ1) is 14.2. The molecular formula is C14H12FN3O4. The number of rotatable bonds is 3. The van der Waals surface area contributed by atoms with E-state index >= 15 is 0 Å². The SMILES string of the molecule is Cc1nc(C(=O)O[C@@H]2CCOC2=O)nn1-c1ccc(F)cc1. The molecule has 1 aliphatic heterocycles. The largest absolute Gasteiger partial charge is 0.463 e. The summed E-state index contributed by atoms with van der Waals surface area (Å²) in [5, 5.41) is 4.03. The summed E-state index contributed by atoms with van der Waals surface area (Å²) in [5.74, 6) is -1.47. The summed E-state index contributed by atoms with van der Waals surface area (Å²) in [5.41, 5.74) is 0.561. The lowest BCUT2D eigenvalue weighted by atomic mass is 10.3. The van der Waals surface area contributed by atoms with Crippen molar-refractivity contribution < 1.29 is 23.5 Å². The number of aromatic nitrogens is 3. The number of halogens is 1. The smallest absolute Gasteiger partial charge is 0.379 e. The minimum absolute atomic E-state index is 0.165. The summed E-state index contributed by atoms with van der Waals surface area (Å²) >= 11 is 0. The summed E-state index contributed by atoms with van der Waals surface area (Å²) in [6.07, 6.45) is -0.590. The number of cyclic esters (lactones) is 1. The molecule has 22 heavy (non-hydrogen) atoms. The van der Waals surface area contributed by atoms with Crippen LogP contribution in [-0.4, -0.2) is 39.4 Å². The third-order valence-electron chi connectivity index (χ3n) is 3.16. The number of hydrogen-bond donors (Lipinski definition) is 0. The molecule has 114 valence electrons. The zero-order valence-corrected chi connectivity index (χ0v) is 11.7. The van der Waals surface area contributed by atoms with E-state index in [0.29, 0.717) is 17.9 Å². The van der Waals surface area contributed by atoms with Gasteiger partial charge in [0.15, 0.2) is 0 Å². The Morgan fingerprint density at radius 3 is 2.77 bits per heavy atom. The molecule has 7 nitrogen and oxygen atoms in total. The predicted octanol–water partition coefficient (Wildman–Crippen LogP) is 1.19. The lowest BCUT2D eigenvalue weighted by Crippen LogP contribution is -2.23. The van der Waals surface area contributed by atoms with Crippen LogP contribution in [0.15, 0.2) is 24.3 Å². The van der Waals surface area contributed by atoms with Gasteiger partial charge in [0.1, 0.15) is 11.6 Å². The average molecular weight is 305 g/mol. The Morgan fingerprint density at radius 2 is 2.14 bits per heavy atom. The third kappa shape index (κ3) is 2.67. The van der Waals surface area contributed by atoms with E-state index in [2.05, 4.69) is 10.1 Å². The molecule has 3 rings (SSSR count). The van der Waals surface area contributed by atoms with Gasteiger partial charge in [-0.25, -0.2) is 23.6 Å². The van der Waals surface area contributed by atoms with Crippen LogP contribution in [0.5, 0.6) is 0 Å². The standard InChI is InChI=1S/C14H12FN3O4/c1-8-16-12(14(20)22-11-6-7-21-13(11)19)17-18(8)10-4-2-9(15)3-5-10/h2-5,11H,6-7H2,1H3/t11-/m1/s1. The molecule has 1 saturated heterocycles. The first-order chi connectivity index (χ1) is 10.5. The Kier molecular flexibility index (Phi) is 3.58. The first-order valence-corrected chi connectivity index (χ1v) is 6.62. The highest BCUT2D eigenvalue weighted by atomic mass is 19.1. The molecule has 2 aromatic rings. The Balaban J connectivity index is 1.81. The highest BCUT2D eigenvalue weighted by Crippen LogP contribution is 2.14. The van der Waals surface area contributed by atoms with E-state index in [9.17, 15) is 14.0 Å². The van der Waals surface area contributed by atoms with Crippen molar-refractivity contribution in [3.05, 3.63) is 41.7 Å². The van der Waals surface area contributed by atoms with Gasteiger partial charge in [-0.05, 0) is 31.2 Å². The Hall–Kier alpha value is -2.77. The van der Waals surface area contributed by atoms with E-state index < -0.39 is 18.0 Å². The molecule has 0 unspecified atom stereocenters. The molecule has 0 bridgehead atoms. The Morgan fingerprint density at radius 1 is 1.41 bits per heavy atom. The topological polar surface area (TPSA) is 83.3 Å². The molecule has 0 N–H and O–H groups in total. The summed E-state index contributed by atoms with van der Waals surface area (Å²) in [4.78, 5) is 27.3. The molecule has 0 radical (unpaired) electrons. The van der Waals surface area contributed by atoms with Crippen molar-refractivity contribution in [3.63, 3.8) is 0 Å². The maximum Gasteiger partial charge on any atom is 0.379 e. The molecule has 1 atom stereocenters. The number of ether oxygens (including phenoxy) is 2. The molecule has 0 aliphatic carbocycles. The van der Waals surface area contributed by atoms with Crippen molar-refractivity contribution in [2.75, 3.05) is 6.61 Å². The van der Waals surface area contributed by atoms with Crippen molar-refractivity contribution in [2.45, 2.75) is 19.4 Å². The number of aryl methyl sites for hydroxylation is 1. The number of carbonyl (C=O) groups excluding carboxylic acids is 2. The van der Waals surface area contributed by atoms with Gasteiger partial charge in [0.2, 0.25) is 6.10 Å². The van der Waals surface area contributed by atoms with Crippen LogP contribution in [0.2, 0.25) is 0 Å². The first-order valence-electron chi connectivity index (χ1n) is 6.62. The lowest BCUT2D eigenvalue weighted by Gasteiger charge is -2.05. The quantitative estimate of drug-likeness (QED) is 0.792. The molecule has 1 aromatic heterocycles. The number of benzene rings is 1. The predicted molar refractivity (Wildman–Crippen MR) is 70.8 cm³/mol. The summed E-state index contributed by atoms with van der Waals surface area (Å²) < 4.78 is 24.1. The zero-order valence-electron chi connectivity index (χ0n) is 11.7. The van der Waals surface area contributed by atoms with Crippen LogP contribution in [0.25, 0.3) is 5.69 Å². The van der Waals surface area contributed by atoms with Gasteiger partial charge in [-0.1, -0.05) is 0 Å². The van der Waals surface area contributed by atoms with E-state index in [-0.39, 0.29) is 18.2 Å². The molecule has 0 spiro atoms. The van der Waals surface area contributed by atoms with Crippen LogP contribution in [0.1, 0.15) is 22.9 Å². The molecule has 1 aromatic carbocycles. The molecule has 1 fully saturated rings. The van der Waals surface area contributed by atoms with Crippen LogP contribution < -0.4 is 0 Å². The van der Waals surface area contributed by atoms with Crippen molar-refractivity contribution in [1.82, 2.24) is 14.8 Å². The normalized spacial score (nSPS) is 17.4. The van der Waals surface area contributed by atoms with Gasteiger partial charge in [-0.2, -0.15) is 0 Å². The van der Waals surface area contributed by atoms with Gasteiger partial charge in [0.25, 0.3) is 5.82 Å². The van der Waals surface area contributed by atoms with Crippen LogP contribution in [0, 0.1) is 12.7 Å². The van der Waals surface area contributed by atoms with Gasteiger partial charge < -0.3 is 9.47 Å². The van der Waals surface area contributed by atoms with Crippen LogP contribution >= 0.6 is 0 Å². The maximum absolute atomic E-state index is 12.9. The fraction of sp³-hybridized carbons (Fsp3) is 0.286. The van der Waals surface area contributed by atoms with Crippen molar-refractivity contribution >= 4 is 11.9 Å². The second kappa shape index (κ2) is 5.55. The average Bonchev–Trinajstić information content (AvgIpc) is 3.07. The van der Waals surface area contributed by atoms with Crippen LogP contribution in [0.3, 0.4) is 0 Å². The van der Waals surface area contributed by atoms with E-state index in [4.69, 9.17) is 9.47 Å². The van der Waals surface area contributed by atoms with Crippen LogP contribution in [-0.2, 0) is 14.3 Å². The molecule has 1 aliphatic rings. The minimum Gasteiger partial charge on any atom is -0.463 e. The van der Waals surface area contributed by atoms with E-state index in [0.717, 1.165) is 0 Å². The number of carbonyl (C=O) groups is 2. The third-order valence-corrected chi connectivity index (χ3v) is 3.16. The van der Waals surface area contributed by atoms with E-state index in [1.165, 1.54) is 28.9 Å². The second-order valence-electron chi connectivity index (χ2n) is 4.72. The maximum atomic E-state index is 12.9. The number of esters is 2. The monoisotopic (exact) mass is 305 g/mol. The zero-order chi connectivity index (χ0) is 15.7. The molecular weight excluding hydrogens is 293 g/mol. The molecule has 0 amide bonds. The highest BCUT2D eigenvalue weighted by molar-refractivity contribution is 5.88. The molecule has 8 heteroatoms.